The van der Waals surface area contributed by atoms with Crippen molar-refractivity contribution in [3.8, 4) is 28.7 Å². The zero-order valence-electron chi connectivity index (χ0n) is 13.8. The van der Waals surface area contributed by atoms with E-state index in [-0.39, 0.29) is 33.8 Å². The zero-order valence-corrected chi connectivity index (χ0v) is 13.8. The van der Waals surface area contributed by atoms with E-state index in [1.807, 2.05) is 0 Å². The smallest absolute Gasteiger partial charge is 0.333 e. The van der Waals surface area contributed by atoms with E-state index in [0.29, 0.717) is 5.75 Å². The molecule has 130 valence electrons. The molecule has 0 amide bonds. The summed E-state index contributed by atoms with van der Waals surface area (Å²) in [6, 6.07) is 7.31. The predicted molar refractivity (Wildman–Crippen MR) is 91.5 cm³/mol. The molecule has 2 N–H and O–H groups in total. The van der Waals surface area contributed by atoms with E-state index in [1.54, 1.807) is 6.07 Å². The standard InChI is InChI=1S/C17H16N2O6/c1-23-12-8-11-13(15(25-3)14(12)24-2)18-17(22)19(16(11)21)9-5-4-6-10(20)7-9/h4-8,20H,1-3H3,(H,18,22). The molecule has 0 saturated carbocycles. The molecule has 8 heteroatoms. The summed E-state index contributed by atoms with van der Waals surface area (Å²) in [6.45, 7) is 0. The molecule has 1 aromatic heterocycles. The van der Waals surface area contributed by atoms with Crippen LogP contribution in [0.3, 0.4) is 0 Å². The number of nitrogens with zero attached hydrogens (tertiary/aromatic N) is 1. The summed E-state index contributed by atoms with van der Waals surface area (Å²) in [5, 5.41) is 9.80. The molecule has 2 aromatic carbocycles. The van der Waals surface area contributed by atoms with Crippen LogP contribution in [0, 0.1) is 0 Å². The van der Waals surface area contributed by atoms with Crippen molar-refractivity contribution in [1.82, 2.24) is 9.55 Å². The van der Waals surface area contributed by atoms with Gasteiger partial charge in [-0.1, -0.05) is 6.07 Å². The lowest BCUT2D eigenvalue weighted by Crippen LogP contribution is -2.33. The van der Waals surface area contributed by atoms with Gasteiger partial charge in [-0.05, 0) is 18.2 Å². The maximum Gasteiger partial charge on any atom is 0.333 e. The number of aromatic nitrogens is 2. The van der Waals surface area contributed by atoms with Gasteiger partial charge < -0.3 is 24.3 Å². The maximum atomic E-state index is 12.9. The second-order valence-electron chi connectivity index (χ2n) is 5.16. The molecule has 8 nitrogen and oxygen atoms in total. The van der Waals surface area contributed by atoms with Crippen LogP contribution in [0.5, 0.6) is 23.0 Å². The number of methoxy groups -OCH3 is 3. The Labute approximate surface area is 141 Å². The molecular weight excluding hydrogens is 328 g/mol. The van der Waals surface area contributed by atoms with Crippen LogP contribution in [0.15, 0.2) is 39.9 Å². The van der Waals surface area contributed by atoms with Gasteiger partial charge in [0.25, 0.3) is 5.56 Å². The third-order valence-corrected chi connectivity index (χ3v) is 3.79. The molecule has 0 saturated heterocycles. The Morgan fingerprint density at radius 2 is 1.72 bits per heavy atom. The van der Waals surface area contributed by atoms with Crippen LogP contribution < -0.4 is 25.5 Å². The van der Waals surface area contributed by atoms with Gasteiger partial charge in [0.15, 0.2) is 11.5 Å². The van der Waals surface area contributed by atoms with Crippen LogP contribution in [-0.2, 0) is 0 Å². The normalized spacial score (nSPS) is 10.7. The zero-order chi connectivity index (χ0) is 18.1. The molecule has 0 radical (unpaired) electrons. The highest BCUT2D eigenvalue weighted by molar-refractivity contribution is 5.89. The van der Waals surface area contributed by atoms with Crippen molar-refractivity contribution in [2.24, 2.45) is 0 Å². The fraction of sp³-hybridized carbons (Fsp3) is 0.176. The second-order valence-corrected chi connectivity index (χ2v) is 5.16. The number of phenolic OH excluding ortho intramolecular Hbond substituents is 1. The number of hydrogen-bond acceptors (Lipinski definition) is 6. The molecule has 3 aromatic rings. The number of H-pyrrole nitrogens is 1. The van der Waals surface area contributed by atoms with Crippen molar-refractivity contribution >= 4 is 10.9 Å². The van der Waals surface area contributed by atoms with Gasteiger partial charge in [-0.15, -0.1) is 0 Å². The number of hydrogen-bond donors (Lipinski definition) is 2. The fourth-order valence-electron chi connectivity index (χ4n) is 2.69. The summed E-state index contributed by atoms with van der Waals surface area (Å²) in [6.07, 6.45) is 0. The lowest BCUT2D eigenvalue weighted by atomic mass is 10.2. The summed E-state index contributed by atoms with van der Waals surface area (Å²) in [7, 11) is 4.26. The number of aromatic hydroxyl groups is 1. The molecule has 0 bridgehead atoms. The number of rotatable bonds is 4. The largest absolute Gasteiger partial charge is 0.508 e. The Morgan fingerprint density at radius 1 is 1.00 bits per heavy atom. The summed E-state index contributed by atoms with van der Waals surface area (Å²) >= 11 is 0. The lowest BCUT2D eigenvalue weighted by molar-refractivity contribution is 0.326. The van der Waals surface area contributed by atoms with Gasteiger partial charge in [-0.25, -0.2) is 9.36 Å². The van der Waals surface area contributed by atoms with Gasteiger partial charge >= 0.3 is 5.69 Å². The number of phenols is 1. The third kappa shape index (κ3) is 2.57. The number of nitrogens with one attached hydrogen (secondary N) is 1. The summed E-state index contributed by atoms with van der Waals surface area (Å²) in [5.74, 6) is 0.684. The third-order valence-electron chi connectivity index (χ3n) is 3.79. The first kappa shape index (κ1) is 16.4. The summed E-state index contributed by atoms with van der Waals surface area (Å²) in [5.41, 5.74) is -0.814. The van der Waals surface area contributed by atoms with Gasteiger partial charge in [0.2, 0.25) is 5.75 Å². The van der Waals surface area contributed by atoms with Crippen LogP contribution in [0.2, 0.25) is 0 Å². The number of fused-ring (bicyclic) bond motifs is 1. The molecular formula is C17H16N2O6. The first-order chi connectivity index (χ1) is 12.0. The molecule has 0 unspecified atom stereocenters. The van der Waals surface area contributed by atoms with Crippen LogP contribution in [0.25, 0.3) is 16.6 Å². The average molecular weight is 344 g/mol. The van der Waals surface area contributed by atoms with Crippen LogP contribution in [0.1, 0.15) is 0 Å². The first-order valence-corrected chi connectivity index (χ1v) is 7.29. The van der Waals surface area contributed by atoms with E-state index in [4.69, 9.17) is 14.2 Å². The van der Waals surface area contributed by atoms with Gasteiger partial charge in [0.05, 0.1) is 32.4 Å². The quantitative estimate of drug-likeness (QED) is 0.742. The average Bonchev–Trinajstić information content (AvgIpc) is 2.60. The molecule has 0 aliphatic rings. The van der Waals surface area contributed by atoms with Gasteiger partial charge in [0, 0.05) is 6.07 Å². The second kappa shape index (κ2) is 6.23. The van der Waals surface area contributed by atoms with Crippen molar-refractivity contribution in [1.29, 1.82) is 0 Å². The van der Waals surface area contributed by atoms with E-state index < -0.39 is 11.2 Å². The topological polar surface area (TPSA) is 103 Å². The fourth-order valence-corrected chi connectivity index (χ4v) is 2.69. The van der Waals surface area contributed by atoms with Gasteiger partial charge in [0.1, 0.15) is 11.3 Å². The molecule has 0 aliphatic heterocycles. The van der Waals surface area contributed by atoms with Crippen LogP contribution in [0.4, 0.5) is 0 Å². The van der Waals surface area contributed by atoms with E-state index in [2.05, 4.69) is 4.98 Å². The Morgan fingerprint density at radius 3 is 2.32 bits per heavy atom. The molecule has 3 rings (SSSR count). The highest BCUT2D eigenvalue weighted by Crippen LogP contribution is 2.41. The maximum absolute atomic E-state index is 12.9. The summed E-state index contributed by atoms with van der Waals surface area (Å²) < 4.78 is 16.7. The van der Waals surface area contributed by atoms with Gasteiger partial charge in [-0.3, -0.25) is 4.79 Å². The van der Waals surface area contributed by atoms with Crippen molar-refractivity contribution in [3.63, 3.8) is 0 Å². The van der Waals surface area contributed by atoms with E-state index >= 15 is 0 Å². The number of ether oxygens (including phenoxy) is 3. The van der Waals surface area contributed by atoms with Crippen molar-refractivity contribution < 1.29 is 19.3 Å². The van der Waals surface area contributed by atoms with E-state index in [9.17, 15) is 14.7 Å². The Balaban J connectivity index is 2.45. The van der Waals surface area contributed by atoms with Crippen LogP contribution >= 0.6 is 0 Å². The van der Waals surface area contributed by atoms with Crippen molar-refractivity contribution in [3.05, 3.63) is 51.2 Å². The van der Waals surface area contributed by atoms with Crippen LogP contribution in [-0.4, -0.2) is 36.0 Å². The monoisotopic (exact) mass is 344 g/mol. The highest BCUT2D eigenvalue weighted by Gasteiger charge is 2.20. The minimum absolute atomic E-state index is 0.0613. The minimum atomic E-state index is -0.673. The molecule has 0 aliphatic carbocycles. The molecule has 0 atom stereocenters. The highest BCUT2D eigenvalue weighted by atomic mass is 16.5. The molecule has 1 heterocycles. The minimum Gasteiger partial charge on any atom is -0.508 e. The Bertz CT molecular complexity index is 1070. The Hall–Kier alpha value is -3.42. The first-order valence-electron chi connectivity index (χ1n) is 7.29. The van der Waals surface area contributed by atoms with Crippen molar-refractivity contribution in [2.45, 2.75) is 0 Å². The summed E-state index contributed by atoms with van der Waals surface area (Å²) in [4.78, 5) is 28.0. The van der Waals surface area contributed by atoms with Gasteiger partial charge in [-0.2, -0.15) is 0 Å². The SMILES string of the molecule is COc1cc2c(=O)n(-c3cccc(O)c3)c(=O)[nH]c2c(OC)c1OC. The van der Waals surface area contributed by atoms with Crippen molar-refractivity contribution in [2.75, 3.05) is 21.3 Å². The molecule has 0 spiro atoms. The lowest BCUT2D eigenvalue weighted by Gasteiger charge is -2.15. The van der Waals surface area contributed by atoms with E-state index in [1.165, 1.54) is 45.6 Å². The van der Waals surface area contributed by atoms with E-state index in [0.717, 1.165) is 4.57 Å². The number of benzene rings is 2. The Kier molecular flexibility index (Phi) is 4.10. The molecule has 0 fully saturated rings. The number of aromatic amines is 1. The predicted octanol–water partition coefficient (Wildman–Crippen LogP) is 1.41. The molecule has 25 heavy (non-hydrogen) atoms.